The number of halogens is 1. The van der Waals surface area contributed by atoms with Crippen molar-refractivity contribution in [1.82, 2.24) is 10.3 Å². The standard InChI is InChI=1S/C18H20ClN3O2/c1-13(2)12-24-18(21-11-14-6-5-9-20-10-14)22-17(23)15-7-3-4-8-16(15)19/h3-10,13H,11-12H2,1-2H3,(H,21,22,23). The van der Waals surface area contributed by atoms with Crippen LogP contribution in [0.2, 0.25) is 5.02 Å². The first-order valence-corrected chi connectivity index (χ1v) is 8.06. The van der Waals surface area contributed by atoms with Crippen LogP contribution in [0.15, 0.2) is 53.8 Å². The van der Waals surface area contributed by atoms with E-state index >= 15 is 0 Å². The number of benzene rings is 1. The van der Waals surface area contributed by atoms with Crippen molar-refractivity contribution in [2.75, 3.05) is 6.61 Å². The number of hydrogen-bond donors (Lipinski definition) is 1. The van der Waals surface area contributed by atoms with Gasteiger partial charge in [0.15, 0.2) is 0 Å². The van der Waals surface area contributed by atoms with Crippen molar-refractivity contribution in [2.45, 2.75) is 20.4 Å². The maximum Gasteiger partial charge on any atom is 0.292 e. The van der Waals surface area contributed by atoms with Gasteiger partial charge in [-0.05, 0) is 29.7 Å². The third-order valence-electron chi connectivity index (χ3n) is 3.02. The Morgan fingerprint density at radius 2 is 2.08 bits per heavy atom. The number of aromatic nitrogens is 1. The van der Waals surface area contributed by atoms with E-state index in [0.717, 1.165) is 5.56 Å². The Kier molecular flexibility index (Phi) is 6.75. The molecule has 2 aromatic rings. The van der Waals surface area contributed by atoms with E-state index in [2.05, 4.69) is 15.3 Å². The lowest BCUT2D eigenvalue weighted by Gasteiger charge is -2.13. The van der Waals surface area contributed by atoms with Crippen LogP contribution in [-0.2, 0) is 11.3 Å². The second-order valence-electron chi connectivity index (χ2n) is 5.62. The summed E-state index contributed by atoms with van der Waals surface area (Å²) in [5.41, 5.74) is 1.30. The summed E-state index contributed by atoms with van der Waals surface area (Å²) in [7, 11) is 0. The van der Waals surface area contributed by atoms with E-state index in [4.69, 9.17) is 16.3 Å². The predicted molar refractivity (Wildman–Crippen MR) is 95.1 cm³/mol. The van der Waals surface area contributed by atoms with Crippen molar-refractivity contribution >= 4 is 23.5 Å². The molecular weight excluding hydrogens is 326 g/mol. The van der Waals surface area contributed by atoms with E-state index in [9.17, 15) is 4.79 Å². The van der Waals surface area contributed by atoms with Crippen molar-refractivity contribution in [2.24, 2.45) is 10.9 Å². The molecule has 0 aliphatic carbocycles. The van der Waals surface area contributed by atoms with Crippen LogP contribution in [-0.4, -0.2) is 23.5 Å². The number of amides is 1. The molecule has 1 aromatic heterocycles. The van der Waals surface area contributed by atoms with Gasteiger partial charge in [0.25, 0.3) is 11.9 Å². The molecule has 0 radical (unpaired) electrons. The largest absolute Gasteiger partial charge is 0.465 e. The first-order valence-electron chi connectivity index (χ1n) is 7.68. The highest BCUT2D eigenvalue weighted by atomic mass is 35.5. The number of nitrogens with one attached hydrogen (secondary N) is 1. The topological polar surface area (TPSA) is 63.6 Å². The van der Waals surface area contributed by atoms with Crippen LogP contribution in [0.3, 0.4) is 0 Å². The van der Waals surface area contributed by atoms with Gasteiger partial charge in [-0.1, -0.05) is 43.6 Å². The van der Waals surface area contributed by atoms with Gasteiger partial charge < -0.3 is 4.74 Å². The number of amidine groups is 1. The number of pyridine rings is 1. The zero-order chi connectivity index (χ0) is 17.4. The summed E-state index contributed by atoms with van der Waals surface area (Å²) in [6.07, 6.45) is 3.42. The summed E-state index contributed by atoms with van der Waals surface area (Å²) in [5, 5.41) is 3.06. The molecule has 0 saturated heterocycles. The summed E-state index contributed by atoms with van der Waals surface area (Å²) in [5.74, 6) is -0.0416. The van der Waals surface area contributed by atoms with Crippen LogP contribution in [0.1, 0.15) is 29.8 Å². The molecule has 1 N–H and O–H groups in total. The van der Waals surface area contributed by atoms with E-state index in [1.54, 1.807) is 36.7 Å². The van der Waals surface area contributed by atoms with Crippen LogP contribution >= 0.6 is 11.6 Å². The van der Waals surface area contributed by atoms with Gasteiger partial charge in [-0.3, -0.25) is 15.1 Å². The average Bonchev–Trinajstić information content (AvgIpc) is 2.58. The van der Waals surface area contributed by atoms with E-state index in [-0.39, 0.29) is 11.9 Å². The molecule has 1 amide bonds. The number of carbonyl (C=O) groups is 1. The molecule has 0 aliphatic rings. The van der Waals surface area contributed by atoms with E-state index in [1.807, 2.05) is 26.0 Å². The average molecular weight is 346 g/mol. The highest BCUT2D eigenvalue weighted by molar-refractivity contribution is 6.34. The normalized spacial score (nSPS) is 11.4. The van der Waals surface area contributed by atoms with Gasteiger partial charge in [-0.2, -0.15) is 0 Å². The van der Waals surface area contributed by atoms with Gasteiger partial charge in [0, 0.05) is 12.4 Å². The molecule has 5 nitrogen and oxygen atoms in total. The minimum absolute atomic E-state index is 0.178. The Morgan fingerprint density at radius 3 is 2.75 bits per heavy atom. The number of carbonyl (C=O) groups excluding carboxylic acids is 1. The van der Waals surface area contributed by atoms with Gasteiger partial charge in [0.2, 0.25) is 0 Å². The smallest absolute Gasteiger partial charge is 0.292 e. The highest BCUT2D eigenvalue weighted by Crippen LogP contribution is 2.14. The van der Waals surface area contributed by atoms with Crippen molar-refractivity contribution in [3.8, 4) is 0 Å². The molecular formula is C18H20ClN3O2. The maximum atomic E-state index is 12.4. The molecule has 0 unspecified atom stereocenters. The molecule has 2 rings (SSSR count). The number of ether oxygens (including phenoxy) is 1. The van der Waals surface area contributed by atoms with Gasteiger partial charge in [-0.15, -0.1) is 0 Å². The van der Waals surface area contributed by atoms with Crippen LogP contribution in [0.5, 0.6) is 0 Å². The van der Waals surface area contributed by atoms with Crippen LogP contribution < -0.4 is 5.32 Å². The second-order valence-corrected chi connectivity index (χ2v) is 6.03. The minimum Gasteiger partial charge on any atom is -0.465 e. The zero-order valence-electron chi connectivity index (χ0n) is 13.7. The summed E-state index contributed by atoms with van der Waals surface area (Å²) in [6, 6.07) is 10.8. The van der Waals surface area contributed by atoms with Crippen LogP contribution in [0.4, 0.5) is 0 Å². The molecule has 0 atom stereocenters. The highest BCUT2D eigenvalue weighted by Gasteiger charge is 2.13. The SMILES string of the molecule is CC(C)COC(=NCc1cccnc1)NC(=O)c1ccccc1Cl. The molecule has 126 valence electrons. The summed E-state index contributed by atoms with van der Waals surface area (Å²) >= 11 is 6.05. The Bertz CT molecular complexity index is 702. The van der Waals surface area contributed by atoms with E-state index in [1.165, 1.54) is 0 Å². The summed E-state index contributed by atoms with van der Waals surface area (Å²) in [4.78, 5) is 20.7. The maximum absolute atomic E-state index is 12.4. The van der Waals surface area contributed by atoms with Gasteiger partial charge in [0.1, 0.15) is 0 Å². The number of aliphatic imine (C=N–C) groups is 1. The fourth-order valence-corrected chi connectivity index (χ4v) is 2.05. The van der Waals surface area contributed by atoms with Gasteiger partial charge in [0.05, 0.1) is 23.7 Å². The molecule has 1 aromatic carbocycles. The molecule has 0 bridgehead atoms. The fourth-order valence-electron chi connectivity index (χ4n) is 1.83. The third kappa shape index (κ3) is 5.66. The quantitative estimate of drug-likeness (QED) is 0.664. The lowest BCUT2D eigenvalue weighted by atomic mass is 10.2. The minimum atomic E-state index is -0.353. The number of hydrogen-bond acceptors (Lipinski definition) is 4. The van der Waals surface area contributed by atoms with E-state index < -0.39 is 0 Å². The molecule has 0 spiro atoms. The van der Waals surface area contributed by atoms with Crippen LogP contribution in [0, 0.1) is 5.92 Å². The molecule has 1 heterocycles. The van der Waals surface area contributed by atoms with E-state index in [0.29, 0.717) is 29.7 Å². The first kappa shape index (κ1) is 17.9. The summed E-state index contributed by atoms with van der Waals surface area (Å²) < 4.78 is 5.61. The molecule has 0 saturated carbocycles. The predicted octanol–water partition coefficient (Wildman–Crippen LogP) is 3.69. The Balaban J connectivity index is 2.10. The Labute approximate surface area is 146 Å². The van der Waals surface area contributed by atoms with Crippen molar-refractivity contribution < 1.29 is 9.53 Å². The van der Waals surface area contributed by atoms with Gasteiger partial charge >= 0.3 is 0 Å². The Hall–Kier alpha value is -2.40. The van der Waals surface area contributed by atoms with Crippen molar-refractivity contribution in [3.05, 3.63) is 64.9 Å². The lowest BCUT2D eigenvalue weighted by molar-refractivity contribution is 0.0963. The first-order chi connectivity index (χ1) is 11.6. The van der Waals surface area contributed by atoms with Gasteiger partial charge in [-0.25, -0.2) is 4.99 Å². The second kappa shape index (κ2) is 9.03. The molecule has 6 heteroatoms. The van der Waals surface area contributed by atoms with Crippen LogP contribution in [0.25, 0.3) is 0 Å². The number of rotatable bonds is 5. The molecule has 0 aliphatic heterocycles. The monoisotopic (exact) mass is 345 g/mol. The molecule has 0 fully saturated rings. The van der Waals surface area contributed by atoms with Crippen molar-refractivity contribution in [3.63, 3.8) is 0 Å². The molecule has 24 heavy (non-hydrogen) atoms. The lowest BCUT2D eigenvalue weighted by Crippen LogP contribution is -2.33. The summed E-state index contributed by atoms with van der Waals surface area (Å²) in [6.45, 7) is 4.86. The fraction of sp³-hybridized carbons (Fsp3) is 0.278. The third-order valence-corrected chi connectivity index (χ3v) is 3.35. The zero-order valence-corrected chi connectivity index (χ0v) is 14.5. The van der Waals surface area contributed by atoms with Crippen molar-refractivity contribution in [1.29, 1.82) is 0 Å². The Morgan fingerprint density at radius 1 is 1.29 bits per heavy atom. The number of nitrogens with zero attached hydrogens (tertiary/aromatic N) is 2.